The van der Waals surface area contributed by atoms with E-state index in [9.17, 15) is 0 Å². The lowest BCUT2D eigenvalue weighted by Gasteiger charge is -2.23. The summed E-state index contributed by atoms with van der Waals surface area (Å²) < 4.78 is 10.7. The fourth-order valence-corrected chi connectivity index (χ4v) is 3.55. The summed E-state index contributed by atoms with van der Waals surface area (Å²) in [4.78, 5) is 6.94. The molecule has 3 aromatic rings. The molecule has 5 nitrogen and oxygen atoms in total. The molecule has 1 atom stereocenters. The van der Waals surface area contributed by atoms with Crippen LogP contribution < -0.4 is 4.74 Å². The summed E-state index contributed by atoms with van der Waals surface area (Å²) in [6.45, 7) is 1.67. The first-order valence-corrected chi connectivity index (χ1v) is 9.07. The second-order valence-corrected chi connectivity index (χ2v) is 6.86. The average molecular weight is 370 g/mol. The number of benzene rings is 2. The first-order chi connectivity index (χ1) is 12.7. The molecule has 1 aromatic heterocycles. The van der Waals surface area contributed by atoms with Crippen LogP contribution in [0.15, 0.2) is 53.1 Å². The van der Waals surface area contributed by atoms with Crippen molar-refractivity contribution in [3.63, 3.8) is 0 Å². The SMILES string of the molecule is COc1ccc(C2CCCN2Cc2nc(-c3ccc(Cl)cc3)no2)cc1. The van der Waals surface area contributed by atoms with E-state index in [1.807, 2.05) is 36.4 Å². The van der Waals surface area contributed by atoms with Gasteiger partial charge in [0.2, 0.25) is 11.7 Å². The van der Waals surface area contributed by atoms with Gasteiger partial charge in [0.25, 0.3) is 0 Å². The van der Waals surface area contributed by atoms with Crippen LogP contribution >= 0.6 is 11.6 Å². The summed E-state index contributed by atoms with van der Waals surface area (Å²) >= 11 is 5.93. The van der Waals surface area contributed by atoms with Gasteiger partial charge in [-0.25, -0.2) is 0 Å². The molecular weight excluding hydrogens is 350 g/mol. The second-order valence-electron chi connectivity index (χ2n) is 6.42. The third-order valence-electron chi connectivity index (χ3n) is 4.77. The number of aromatic nitrogens is 2. The van der Waals surface area contributed by atoms with E-state index >= 15 is 0 Å². The van der Waals surface area contributed by atoms with E-state index in [-0.39, 0.29) is 0 Å². The van der Waals surface area contributed by atoms with Crippen molar-refractivity contribution in [1.82, 2.24) is 15.0 Å². The van der Waals surface area contributed by atoms with E-state index in [1.165, 1.54) is 5.56 Å². The van der Waals surface area contributed by atoms with Crippen molar-refractivity contribution in [2.75, 3.05) is 13.7 Å². The molecule has 6 heteroatoms. The Morgan fingerprint density at radius 1 is 1.15 bits per heavy atom. The van der Waals surface area contributed by atoms with Gasteiger partial charge in [0.05, 0.1) is 13.7 Å². The van der Waals surface area contributed by atoms with Crippen LogP contribution in [0, 0.1) is 0 Å². The van der Waals surface area contributed by atoms with Crippen molar-refractivity contribution in [3.8, 4) is 17.1 Å². The van der Waals surface area contributed by atoms with Crippen LogP contribution in [-0.2, 0) is 6.54 Å². The van der Waals surface area contributed by atoms with Crippen LogP contribution in [0.1, 0.15) is 30.3 Å². The fourth-order valence-electron chi connectivity index (χ4n) is 3.43. The average Bonchev–Trinajstić information content (AvgIpc) is 3.33. The standard InChI is InChI=1S/C20H20ClN3O2/c1-25-17-10-6-14(7-11-17)18-3-2-12-24(18)13-19-22-20(23-26-19)15-4-8-16(21)9-5-15/h4-11,18H,2-3,12-13H2,1H3. The van der Waals surface area contributed by atoms with Crippen molar-refractivity contribution in [2.45, 2.75) is 25.4 Å². The largest absolute Gasteiger partial charge is 0.497 e. The molecule has 1 aliphatic rings. The third kappa shape index (κ3) is 3.59. The minimum Gasteiger partial charge on any atom is -0.497 e. The first kappa shape index (κ1) is 17.1. The number of hydrogen-bond acceptors (Lipinski definition) is 5. The lowest BCUT2D eigenvalue weighted by molar-refractivity contribution is 0.212. The highest BCUT2D eigenvalue weighted by Gasteiger charge is 2.27. The number of nitrogens with zero attached hydrogens (tertiary/aromatic N) is 3. The number of ether oxygens (including phenoxy) is 1. The predicted octanol–water partition coefficient (Wildman–Crippen LogP) is 4.74. The quantitative estimate of drug-likeness (QED) is 0.650. The van der Waals surface area contributed by atoms with Crippen LogP contribution in [0.3, 0.4) is 0 Å². The molecule has 1 aliphatic heterocycles. The van der Waals surface area contributed by atoms with E-state index < -0.39 is 0 Å². The molecule has 26 heavy (non-hydrogen) atoms. The molecule has 4 rings (SSSR count). The zero-order valence-electron chi connectivity index (χ0n) is 14.6. The minimum atomic E-state index is 0.367. The number of rotatable bonds is 5. The van der Waals surface area contributed by atoms with Gasteiger partial charge in [0, 0.05) is 16.6 Å². The Hall–Kier alpha value is -2.37. The summed E-state index contributed by atoms with van der Waals surface area (Å²) in [5, 5.41) is 4.80. The molecule has 0 saturated carbocycles. The van der Waals surface area contributed by atoms with Crippen molar-refractivity contribution in [1.29, 1.82) is 0 Å². The molecule has 2 aromatic carbocycles. The maximum absolute atomic E-state index is 5.93. The zero-order chi connectivity index (χ0) is 17.9. The highest BCUT2D eigenvalue weighted by atomic mass is 35.5. The molecule has 0 radical (unpaired) electrons. The van der Waals surface area contributed by atoms with Crippen molar-refractivity contribution in [3.05, 3.63) is 65.0 Å². The van der Waals surface area contributed by atoms with E-state index in [0.29, 0.717) is 29.3 Å². The van der Waals surface area contributed by atoms with Crippen LogP contribution in [0.4, 0.5) is 0 Å². The van der Waals surface area contributed by atoms with Crippen LogP contribution in [0.2, 0.25) is 5.02 Å². The molecule has 134 valence electrons. The molecule has 0 N–H and O–H groups in total. The van der Waals surface area contributed by atoms with Crippen molar-refractivity contribution in [2.24, 2.45) is 0 Å². The lowest BCUT2D eigenvalue weighted by atomic mass is 10.0. The molecular formula is C20H20ClN3O2. The molecule has 0 bridgehead atoms. The van der Waals surface area contributed by atoms with E-state index in [1.54, 1.807) is 7.11 Å². The Bertz CT molecular complexity index is 862. The summed E-state index contributed by atoms with van der Waals surface area (Å²) in [6, 6.07) is 16.1. The lowest BCUT2D eigenvalue weighted by Crippen LogP contribution is -2.22. The van der Waals surface area contributed by atoms with Crippen LogP contribution in [-0.4, -0.2) is 28.7 Å². The summed E-state index contributed by atoms with van der Waals surface area (Å²) in [5.74, 6) is 2.11. The van der Waals surface area contributed by atoms with E-state index in [2.05, 4.69) is 27.2 Å². The molecule has 2 heterocycles. The predicted molar refractivity (Wildman–Crippen MR) is 100 cm³/mol. The summed E-state index contributed by atoms with van der Waals surface area (Å²) in [7, 11) is 1.69. The minimum absolute atomic E-state index is 0.367. The van der Waals surface area contributed by atoms with E-state index in [0.717, 1.165) is 30.7 Å². The molecule has 0 spiro atoms. The Kier molecular flexibility index (Phi) is 4.91. The maximum atomic E-state index is 5.93. The van der Waals surface area contributed by atoms with Gasteiger partial charge in [0.1, 0.15) is 5.75 Å². The van der Waals surface area contributed by atoms with Gasteiger partial charge in [-0.15, -0.1) is 0 Å². The number of likely N-dealkylation sites (tertiary alicyclic amines) is 1. The smallest absolute Gasteiger partial charge is 0.241 e. The van der Waals surface area contributed by atoms with Crippen LogP contribution in [0.5, 0.6) is 5.75 Å². The topological polar surface area (TPSA) is 51.4 Å². The second kappa shape index (κ2) is 7.48. The number of hydrogen-bond donors (Lipinski definition) is 0. The Labute approximate surface area is 157 Å². The molecule has 1 unspecified atom stereocenters. The van der Waals surface area contributed by atoms with Gasteiger partial charge in [-0.05, 0) is 61.3 Å². The van der Waals surface area contributed by atoms with E-state index in [4.69, 9.17) is 20.9 Å². The Balaban J connectivity index is 1.48. The van der Waals surface area contributed by atoms with Crippen molar-refractivity contribution < 1.29 is 9.26 Å². The molecule has 0 amide bonds. The fraction of sp³-hybridized carbons (Fsp3) is 0.300. The van der Waals surface area contributed by atoms with Gasteiger partial charge >= 0.3 is 0 Å². The van der Waals surface area contributed by atoms with Gasteiger partial charge in [-0.1, -0.05) is 28.9 Å². The highest BCUT2D eigenvalue weighted by molar-refractivity contribution is 6.30. The first-order valence-electron chi connectivity index (χ1n) is 8.69. The zero-order valence-corrected chi connectivity index (χ0v) is 15.3. The number of halogens is 1. The third-order valence-corrected chi connectivity index (χ3v) is 5.03. The molecule has 1 saturated heterocycles. The Morgan fingerprint density at radius 3 is 2.65 bits per heavy atom. The molecule has 1 fully saturated rings. The monoisotopic (exact) mass is 369 g/mol. The highest BCUT2D eigenvalue weighted by Crippen LogP contribution is 2.34. The van der Waals surface area contributed by atoms with Gasteiger partial charge in [-0.3, -0.25) is 4.90 Å². The Morgan fingerprint density at radius 2 is 1.92 bits per heavy atom. The van der Waals surface area contributed by atoms with Gasteiger partial charge in [0.15, 0.2) is 0 Å². The normalized spacial score (nSPS) is 17.5. The van der Waals surface area contributed by atoms with Crippen molar-refractivity contribution >= 4 is 11.6 Å². The van der Waals surface area contributed by atoms with Gasteiger partial charge in [-0.2, -0.15) is 4.98 Å². The maximum Gasteiger partial charge on any atom is 0.241 e. The number of methoxy groups -OCH3 is 1. The van der Waals surface area contributed by atoms with Gasteiger partial charge < -0.3 is 9.26 Å². The summed E-state index contributed by atoms with van der Waals surface area (Å²) in [6.07, 6.45) is 2.29. The molecule has 0 aliphatic carbocycles. The van der Waals surface area contributed by atoms with Crippen LogP contribution in [0.25, 0.3) is 11.4 Å². The summed E-state index contributed by atoms with van der Waals surface area (Å²) in [5.41, 5.74) is 2.19.